The van der Waals surface area contributed by atoms with E-state index >= 15 is 0 Å². The van der Waals surface area contributed by atoms with Gasteiger partial charge in [-0.3, -0.25) is 4.79 Å². The maximum atomic E-state index is 13.1. The molecule has 5 rings (SSSR count). The molecule has 2 unspecified atom stereocenters. The molecule has 2 atom stereocenters. The van der Waals surface area contributed by atoms with Crippen molar-refractivity contribution in [2.45, 2.75) is 19.5 Å². The molecule has 6 heteroatoms. The van der Waals surface area contributed by atoms with Crippen LogP contribution in [0.3, 0.4) is 0 Å². The lowest BCUT2D eigenvalue weighted by Crippen LogP contribution is -2.14. The van der Waals surface area contributed by atoms with Crippen LogP contribution in [0.15, 0.2) is 60.8 Å². The van der Waals surface area contributed by atoms with Gasteiger partial charge in [0, 0.05) is 11.8 Å². The van der Waals surface area contributed by atoms with Crippen LogP contribution in [-0.4, -0.2) is 22.0 Å². The van der Waals surface area contributed by atoms with Crippen molar-refractivity contribution in [3.63, 3.8) is 0 Å². The van der Waals surface area contributed by atoms with Gasteiger partial charge in [0.25, 0.3) is 0 Å². The second-order valence-electron chi connectivity index (χ2n) is 7.54. The number of amides is 1. The molecule has 2 heterocycles. The summed E-state index contributed by atoms with van der Waals surface area (Å²) in [6.45, 7) is 2.07. The number of anilines is 1. The molecule has 0 bridgehead atoms. The predicted molar refractivity (Wildman–Crippen MR) is 122 cm³/mol. The number of aromatic nitrogens is 2. The van der Waals surface area contributed by atoms with Crippen LogP contribution >= 0.6 is 11.3 Å². The van der Waals surface area contributed by atoms with Crippen molar-refractivity contribution in [3.8, 4) is 23.0 Å². The second kappa shape index (κ2) is 7.93. The summed E-state index contributed by atoms with van der Waals surface area (Å²) in [6.07, 6.45) is 1.02. The number of hydrogen-bond acceptors (Lipinski definition) is 4. The number of rotatable bonds is 3. The average Bonchev–Trinajstić information content (AvgIpc) is 3.38. The standard InChI is InChI=1S/C25H18FN3OS/c1-15-5-6-16(7-9-18-4-2-3-11-27-18)12-19(15)17-8-10-22-23(13-17)31-25(28-22)29-24(30)20-14-21(20)26/h2-6,8,10-13,20-21H,14H2,1H3,(H,28,29,30). The Hall–Kier alpha value is -3.56. The van der Waals surface area contributed by atoms with Gasteiger partial charge in [-0.1, -0.05) is 35.5 Å². The molecule has 2 aromatic carbocycles. The first-order chi connectivity index (χ1) is 15.1. The molecule has 1 fully saturated rings. The van der Waals surface area contributed by atoms with Gasteiger partial charge in [0.05, 0.1) is 16.1 Å². The van der Waals surface area contributed by atoms with Gasteiger partial charge in [0.15, 0.2) is 5.13 Å². The third-order valence-corrected chi connectivity index (χ3v) is 6.15. The van der Waals surface area contributed by atoms with Gasteiger partial charge in [-0.05, 0) is 72.4 Å². The molecule has 1 amide bonds. The molecule has 1 aliphatic carbocycles. The lowest BCUT2D eigenvalue weighted by Gasteiger charge is -2.07. The second-order valence-corrected chi connectivity index (χ2v) is 8.57. The van der Waals surface area contributed by atoms with Crippen LogP contribution in [0.5, 0.6) is 0 Å². The summed E-state index contributed by atoms with van der Waals surface area (Å²) in [6, 6.07) is 17.8. The number of hydrogen-bond donors (Lipinski definition) is 1. The Bertz CT molecular complexity index is 1350. The van der Waals surface area contributed by atoms with Crippen molar-refractivity contribution >= 4 is 32.6 Å². The van der Waals surface area contributed by atoms with E-state index < -0.39 is 12.1 Å². The summed E-state index contributed by atoms with van der Waals surface area (Å²) in [5.74, 6) is 5.45. The van der Waals surface area contributed by atoms with Crippen LogP contribution in [0.2, 0.25) is 0 Å². The Kier molecular flexibility index (Phi) is 4.97. The van der Waals surface area contributed by atoms with E-state index in [0.29, 0.717) is 11.6 Å². The number of benzene rings is 2. The number of nitrogens with one attached hydrogen (secondary N) is 1. The minimum atomic E-state index is -1.02. The number of fused-ring (bicyclic) bond motifs is 1. The molecule has 4 nitrogen and oxygen atoms in total. The first-order valence-corrected chi connectivity index (χ1v) is 10.8. The third kappa shape index (κ3) is 4.18. The highest BCUT2D eigenvalue weighted by molar-refractivity contribution is 7.22. The Morgan fingerprint density at radius 3 is 2.81 bits per heavy atom. The third-order valence-electron chi connectivity index (χ3n) is 5.22. The van der Waals surface area contributed by atoms with Crippen molar-refractivity contribution in [1.29, 1.82) is 0 Å². The number of halogens is 1. The zero-order chi connectivity index (χ0) is 21.4. The first-order valence-electron chi connectivity index (χ1n) is 9.96. The van der Waals surface area contributed by atoms with E-state index in [2.05, 4.69) is 52.2 Å². The van der Waals surface area contributed by atoms with Crippen LogP contribution in [0.4, 0.5) is 9.52 Å². The Morgan fingerprint density at radius 2 is 2.03 bits per heavy atom. The summed E-state index contributed by atoms with van der Waals surface area (Å²) >= 11 is 1.40. The van der Waals surface area contributed by atoms with Crippen LogP contribution in [-0.2, 0) is 4.79 Å². The largest absolute Gasteiger partial charge is 0.302 e. The van der Waals surface area contributed by atoms with E-state index in [1.54, 1.807) is 6.20 Å². The maximum Gasteiger partial charge on any atom is 0.232 e. The minimum absolute atomic E-state index is 0.290. The highest BCUT2D eigenvalue weighted by Crippen LogP contribution is 2.36. The summed E-state index contributed by atoms with van der Waals surface area (Å²) in [7, 11) is 0. The molecule has 152 valence electrons. The summed E-state index contributed by atoms with van der Waals surface area (Å²) in [5, 5.41) is 3.24. The first kappa shape index (κ1) is 19.4. The van der Waals surface area contributed by atoms with E-state index in [1.807, 2.05) is 36.4 Å². The fourth-order valence-electron chi connectivity index (χ4n) is 3.36. The minimum Gasteiger partial charge on any atom is -0.302 e. The normalized spacial score (nSPS) is 17.1. The van der Waals surface area contributed by atoms with Gasteiger partial charge in [-0.15, -0.1) is 0 Å². The molecule has 31 heavy (non-hydrogen) atoms. The van der Waals surface area contributed by atoms with Gasteiger partial charge < -0.3 is 5.32 Å². The number of pyridine rings is 1. The van der Waals surface area contributed by atoms with Crippen molar-refractivity contribution < 1.29 is 9.18 Å². The fraction of sp³-hybridized carbons (Fsp3) is 0.160. The van der Waals surface area contributed by atoms with Crippen molar-refractivity contribution in [3.05, 3.63) is 77.6 Å². The lowest BCUT2D eigenvalue weighted by molar-refractivity contribution is -0.117. The van der Waals surface area contributed by atoms with Gasteiger partial charge in [-0.25, -0.2) is 14.4 Å². The van der Waals surface area contributed by atoms with E-state index in [4.69, 9.17) is 0 Å². The molecule has 0 aliphatic heterocycles. The summed E-state index contributed by atoms with van der Waals surface area (Å²) in [5.41, 5.74) is 5.74. The molecular formula is C25H18FN3OS. The quantitative estimate of drug-likeness (QED) is 0.448. The van der Waals surface area contributed by atoms with Crippen LogP contribution in [0, 0.1) is 24.7 Å². The molecule has 0 radical (unpaired) electrons. The molecule has 1 aliphatic rings. The zero-order valence-corrected chi connectivity index (χ0v) is 17.5. The van der Waals surface area contributed by atoms with Gasteiger partial charge in [0.2, 0.25) is 5.91 Å². The lowest BCUT2D eigenvalue weighted by atomic mass is 9.98. The number of nitrogens with zero attached hydrogens (tertiary/aromatic N) is 2. The monoisotopic (exact) mass is 427 g/mol. The molecule has 0 spiro atoms. The van der Waals surface area contributed by atoms with E-state index in [9.17, 15) is 9.18 Å². The van der Waals surface area contributed by atoms with Gasteiger partial charge >= 0.3 is 0 Å². The SMILES string of the molecule is Cc1ccc(C#Cc2ccccn2)cc1-c1ccc2nc(NC(=O)C3CC3F)sc2c1. The highest BCUT2D eigenvalue weighted by atomic mass is 32.1. The Balaban J connectivity index is 1.43. The molecule has 4 aromatic rings. The zero-order valence-electron chi connectivity index (χ0n) is 16.7. The molecule has 1 saturated carbocycles. The Labute approximate surface area is 183 Å². The Morgan fingerprint density at radius 1 is 1.16 bits per heavy atom. The predicted octanol–water partition coefficient (Wildman–Crippen LogP) is 5.36. The number of carbonyl (C=O) groups is 1. The van der Waals surface area contributed by atoms with Crippen molar-refractivity contribution in [2.75, 3.05) is 5.32 Å². The molecule has 2 aromatic heterocycles. The maximum absolute atomic E-state index is 13.1. The van der Waals surface area contributed by atoms with E-state index in [-0.39, 0.29) is 5.91 Å². The van der Waals surface area contributed by atoms with Gasteiger partial charge in [-0.2, -0.15) is 0 Å². The number of thiazole rings is 1. The highest BCUT2D eigenvalue weighted by Gasteiger charge is 2.43. The fourth-order valence-corrected chi connectivity index (χ4v) is 4.27. The van der Waals surface area contributed by atoms with Crippen LogP contribution < -0.4 is 5.32 Å². The van der Waals surface area contributed by atoms with Gasteiger partial charge in [0.1, 0.15) is 11.9 Å². The number of carbonyl (C=O) groups excluding carboxylic acids is 1. The van der Waals surface area contributed by atoms with Crippen LogP contribution in [0.1, 0.15) is 23.2 Å². The van der Waals surface area contributed by atoms with E-state index in [1.165, 1.54) is 11.3 Å². The van der Waals surface area contributed by atoms with E-state index in [0.717, 1.165) is 38.2 Å². The molecule has 0 saturated heterocycles. The summed E-state index contributed by atoms with van der Waals surface area (Å²) < 4.78 is 14.1. The van der Waals surface area contributed by atoms with Crippen molar-refractivity contribution in [1.82, 2.24) is 9.97 Å². The number of alkyl halides is 1. The number of aryl methyl sites for hydroxylation is 1. The smallest absolute Gasteiger partial charge is 0.232 e. The average molecular weight is 428 g/mol. The molecule has 1 N–H and O–H groups in total. The van der Waals surface area contributed by atoms with Crippen molar-refractivity contribution in [2.24, 2.45) is 5.92 Å². The van der Waals surface area contributed by atoms with Crippen LogP contribution in [0.25, 0.3) is 21.3 Å². The molecular weight excluding hydrogens is 409 g/mol. The topological polar surface area (TPSA) is 54.9 Å². The summed E-state index contributed by atoms with van der Waals surface area (Å²) in [4.78, 5) is 20.7.